The normalized spacial score (nSPS) is 15.7. The highest BCUT2D eigenvalue weighted by Crippen LogP contribution is 2.32. The fraction of sp³-hybridized carbons (Fsp3) is 0.125. The molecule has 18 heavy (non-hydrogen) atoms. The largest absolute Gasteiger partial charge is 0.482 e. The van der Waals surface area contributed by atoms with E-state index in [2.05, 4.69) is 18.2 Å². The summed E-state index contributed by atoms with van der Waals surface area (Å²) in [5.41, 5.74) is 1.27. The van der Waals surface area contributed by atoms with Gasteiger partial charge in [-0.25, -0.2) is 0 Å². The summed E-state index contributed by atoms with van der Waals surface area (Å²) in [4.78, 5) is 0. The Morgan fingerprint density at radius 1 is 0.889 bits per heavy atom. The fourth-order valence-electron chi connectivity index (χ4n) is 1.92. The first-order valence-electron chi connectivity index (χ1n) is 6.04. The Morgan fingerprint density at radius 2 is 1.61 bits per heavy atom. The predicted molar refractivity (Wildman–Crippen MR) is 70.8 cm³/mol. The van der Waals surface area contributed by atoms with Crippen LogP contribution in [0.5, 0.6) is 11.5 Å². The van der Waals surface area contributed by atoms with E-state index in [0.717, 1.165) is 23.7 Å². The molecule has 0 atom stereocenters. The van der Waals surface area contributed by atoms with Crippen molar-refractivity contribution in [1.29, 1.82) is 0 Å². The van der Waals surface area contributed by atoms with Gasteiger partial charge in [-0.3, -0.25) is 0 Å². The molecule has 0 saturated carbocycles. The number of fused-ring (bicyclic) bond motifs is 1. The molecule has 0 radical (unpaired) electrons. The standard InChI is InChI=1S/C16H14O2/c1-2-6-13(7-3-1)10-11-14-12-17-15-8-4-5-9-16(15)18-14/h1-9,11H,10,12H2/b14-11-. The van der Waals surface area contributed by atoms with Crippen molar-refractivity contribution in [2.45, 2.75) is 6.42 Å². The van der Waals surface area contributed by atoms with E-state index in [4.69, 9.17) is 9.47 Å². The van der Waals surface area contributed by atoms with Gasteiger partial charge in [0.1, 0.15) is 12.4 Å². The van der Waals surface area contributed by atoms with Gasteiger partial charge in [-0.15, -0.1) is 0 Å². The maximum Gasteiger partial charge on any atom is 0.168 e. The molecule has 1 heterocycles. The molecule has 0 N–H and O–H groups in total. The molecule has 2 aromatic carbocycles. The third-order valence-corrected chi connectivity index (χ3v) is 2.87. The monoisotopic (exact) mass is 238 g/mol. The van der Waals surface area contributed by atoms with E-state index >= 15 is 0 Å². The number of ether oxygens (including phenoxy) is 2. The average molecular weight is 238 g/mol. The molecule has 0 saturated heterocycles. The smallest absolute Gasteiger partial charge is 0.168 e. The lowest BCUT2D eigenvalue weighted by molar-refractivity contribution is 0.231. The zero-order chi connectivity index (χ0) is 12.2. The van der Waals surface area contributed by atoms with Crippen LogP contribution >= 0.6 is 0 Å². The Bertz CT molecular complexity index is 558. The minimum atomic E-state index is 0.504. The average Bonchev–Trinajstić information content (AvgIpc) is 2.46. The fourth-order valence-corrected chi connectivity index (χ4v) is 1.92. The second-order valence-corrected chi connectivity index (χ2v) is 4.20. The Hall–Kier alpha value is -2.22. The molecule has 0 bridgehead atoms. The van der Waals surface area contributed by atoms with E-state index < -0.39 is 0 Å². The Labute approximate surface area is 106 Å². The quantitative estimate of drug-likeness (QED) is 0.796. The maximum atomic E-state index is 5.79. The van der Waals surface area contributed by atoms with Crippen molar-refractivity contribution in [3.63, 3.8) is 0 Å². The van der Waals surface area contributed by atoms with Crippen LogP contribution in [0.3, 0.4) is 0 Å². The molecule has 0 aromatic heterocycles. The number of hydrogen-bond donors (Lipinski definition) is 0. The van der Waals surface area contributed by atoms with Gasteiger partial charge in [0, 0.05) is 0 Å². The molecular formula is C16H14O2. The van der Waals surface area contributed by atoms with Crippen molar-refractivity contribution >= 4 is 0 Å². The van der Waals surface area contributed by atoms with E-state index in [-0.39, 0.29) is 0 Å². The summed E-state index contributed by atoms with van der Waals surface area (Å²) < 4.78 is 11.4. The van der Waals surface area contributed by atoms with Crippen LogP contribution in [0.4, 0.5) is 0 Å². The van der Waals surface area contributed by atoms with Crippen LogP contribution in [-0.4, -0.2) is 6.61 Å². The Morgan fingerprint density at radius 3 is 2.44 bits per heavy atom. The van der Waals surface area contributed by atoms with Crippen molar-refractivity contribution in [2.75, 3.05) is 6.61 Å². The van der Waals surface area contributed by atoms with Gasteiger partial charge in [0.15, 0.2) is 11.5 Å². The van der Waals surface area contributed by atoms with Crippen molar-refractivity contribution < 1.29 is 9.47 Å². The third kappa shape index (κ3) is 2.38. The van der Waals surface area contributed by atoms with E-state index in [1.807, 2.05) is 42.5 Å². The number of para-hydroxylation sites is 2. The van der Waals surface area contributed by atoms with Crippen molar-refractivity contribution in [3.8, 4) is 11.5 Å². The van der Waals surface area contributed by atoms with Crippen LogP contribution in [-0.2, 0) is 6.42 Å². The molecular weight excluding hydrogens is 224 g/mol. The number of rotatable bonds is 2. The second kappa shape index (κ2) is 4.96. The molecule has 0 amide bonds. The van der Waals surface area contributed by atoms with Crippen molar-refractivity contribution in [3.05, 3.63) is 72.0 Å². The van der Waals surface area contributed by atoms with Gasteiger partial charge >= 0.3 is 0 Å². The zero-order valence-corrected chi connectivity index (χ0v) is 10.0. The van der Waals surface area contributed by atoms with E-state index in [9.17, 15) is 0 Å². The molecule has 0 spiro atoms. The lowest BCUT2D eigenvalue weighted by Gasteiger charge is -2.20. The van der Waals surface area contributed by atoms with Gasteiger partial charge in [0.05, 0.1) is 0 Å². The van der Waals surface area contributed by atoms with E-state index in [1.165, 1.54) is 5.56 Å². The lowest BCUT2D eigenvalue weighted by Crippen LogP contribution is -2.13. The lowest BCUT2D eigenvalue weighted by atomic mass is 10.1. The van der Waals surface area contributed by atoms with Crippen LogP contribution in [0, 0.1) is 0 Å². The topological polar surface area (TPSA) is 18.5 Å². The number of benzene rings is 2. The second-order valence-electron chi connectivity index (χ2n) is 4.20. The van der Waals surface area contributed by atoms with Crippen LogP contribution in [0.1, 0.15) is 5.56 Å². The Kier molecular flexibility index (Phi) is 3.01. The van der Waals surface area contributed by atoms with E-state index in [0.29, 0.717) is 6.61 Å². The highest BCUT2D eigenvalue weighted by Gasteiger charge is 2.14. The van der Waals surface area contributed by atoms with Crippen LogP contribution in [0.25, 0.3) is 0 Å². The SMILES string of the molecule is C(/Cc1ccccc1)=C1\COc2ccccc2O1. The molecule has 90 valence electrons. The zero-order valence-electron chi connectivity index (χ0n) is 10.0. The first-order valence-corrected chi connectivity index (χ1v) is 6.04. The van der Waals surface area contributed by atoms with Gasteiger partial charge in [-0.1, -0.05) is 42.5 Å². The summed E-state index contributed by atoms with van der Waals surface area (Å²) in [6.07, 6.45) is 2.94. The molecule has 0 unspecified atom stereocenters. The van der Waals surface area contributed by atoms with Gasteiger partial charge in [-0.05, 0) is 30.2 Å². The molecule has 2 aromatic rings. The van der Waals surface area contributed by atoms with Crippen molar-refractivity contribution in [1.82, 2.24) is 0 Å². The minimum absolute atomic E-state index is 0.504. The molecule has 3 rings (SSSR count). The highest BCUT2D eigenvalue weighted by molar-refractivity contribution is 5.42. The van der Waals surface area contributed by atoms with Crippen LogP contribution in [0.15, 0.2) is 66.4 Å². The molecule has 1 aliphatic heterocycles. The summed E-state index contributed by atoms with van der Waals surface area (Å²) in [5.74, 6) is 2.48. The van der Waals surface area contributed by atoms with Gasteiger partial charge in [0.25, 0.3) is 0 Å². The first kappa shape index (κ1) is 10.9. The summed E-state index contributed by atoms with van der Waals surface area (Å²) in [7, 11) is 0. The van der Waals surface area contributed by atoms with E-state index in [1.54, 1.807) is 0 Å². The number of allylic oxidation sites excluding steroid dienone is 1. The highest BCUT2D eigenvalue weighted by atomic mass is 16.6. The predicted octanol–water partition coefficient (Wildman–Crippen LogP) is 3.58. The summed E-state index contributed by atoms with van der Waals surface area (Å²) in [5, 5.41) is 0. The summed E-state index contributed by atoms with van der Waals surface area (Å²) in [6.45, 7) is 0.504. The molecule has 0 aliphatic carbocycles. The third-order valence-electron chi connectivity index (χ3n) is 2.87. The summed E-state index contributed by atoms with van der Waals surface area (Å²) >= 11 is 0. The Balaban J connectivity index is 1.72. The van der Waals surface area contributed by atoms with Crippen LogP contribution in [0.2, 0.25) is 0 Å². The van der Waals surface area contributed by atoms with Crippen LogP contribution < -0.4 is 9.47 Å². The number of hydrogen-bond acceptors (Lipinski definition) is 2. The molecule has 2 heteroatoms. The first-order chi connectivity index (χ1) is 8.92. The molecule has 1 aliphatic rings. The molecule has 0 fully saturated rings. The minimum Gasteiger partial charge on any atom is -0.482 e. The van der Waals surface area contributed by atoms with Crippen molar-refractivity contribution in [2.24, 2.45) is 0 Å². The van der Waals surface area contributed by atoms with Gasteiger partial charge in [-0.2, -0.15) is 0 Å². The summed E-state index contributed by atoms with van der Waals surface area (Å²) in [6, 6.07) is 18.1. The molecule has 2 nitrogen and oxygen atoms in total. The maximum absolute atomic E-state index is 5.79. The van der Waals surface area contributed by atoms with Gasteiger partial charge in [0.2, 0.25) is 0 Å². The van der Waals surface area contributed by atoms with Gasteiger partial charge < -0.3 is 9.47 Å².